The quantitative estimate of drug-likeness (QED) is 0.0199. The van der Waals surface area contributed by atoms with Gasteiger partial charge in [-0.2, -0.15) is 0 Å². The van der Waals surface area contributed by atoms with Crippen LogP contribution in [0, 0.1) is 0 Å². The Hall–Kier alpha value is -4.19. The fourth-order valence-corrected chi connectivity index (χ4v) is 7.10. The molecule has 0 aliphatic heterocycles. The van der Waals surface area contributed by atoms with Crippen molar-refractivity contribution in [3.05, 3.63) is 122 Å². The second-order valence-corrected chi connectivity index (χ2v) is 17.5. The molecule has 0 aromatic rings. The Morgan fingerprint density at radius 3 is 1.09 bits per heavy atom. The van der Waals surface area contributed by atoms with Crippen molar-refractivity contribution in [2.45, 2.75) is 232 Å². The fourth-order valence-electron chi connectivity index (χ4n) is 7.10. The zero-order valence-corrected chi connectivity index (χ0v) is 43.1. The molecule has 1 unspecified atom stereocenters. The molecule has 0 fully saturated rings. The third kappa shape index (κ3) is 52.6. The van der Waals surface area contributed by atoms with Crippen LogP contribution in [-0.4, -0.2) is 37.2 Å². The van der Waals surface area contributed by atoms with E-state index in [1.807, 2.05) is 54.7 Å². The van der Waals surface area contributed by atoms with Crippen molar-refractivity contribution in [2.24, 2.45) is 0 Å². The number of hydrogen-bond acceptors (Lipinski definition) is 6. The van der Waals surface area contributed by atoms with Gasteiger partial charge < -0.3 is 14.2 Å². The van der Waals surface area contributed by atoms with E-state index in [0.29, 0.717) is 19.3 Å². The topological polar surface area (TPSA) is 78.9 Å². The van der Waals surface area contributed by atoms with Crippen molar-refractivity contribution in [3.63, 3.8) is 0 Å². The van der Waals surface area contributed by atoms with Crippen LogP contribution in [0.15, 0.2) is 122 Å². The molecular formula is C61H98O6. The van der Waals surface area contributed by atoms with Gasteiger partial charge in [0.2, 0.25) is 0 Å². The molecule has 378 valence electrons. The Morgan fingerprint density at radius 2 is 0.657 bits per heavy atom. The third-order valence-electron chi connectivity index (χ3n) is 11.1. The van der Waals surface area contributed by atoms with E-state index < -0.39 is 6.10 Å². The predicted molar refractivity (Wildman–Crippen MR) is 288 cm³/mol. The van der Waals surface area contributed by atoms with Gasteiger partial charge in [0.15, 0.2) is 6.10 Å². The zero-order valence-electron chi connectivity index (χ0n) is 43.1. The van der Waals surface area contributed by atoms with Gasteiger partial charge >= 0.3 is 17.9 Å². The van der Waals surface area contributed by atoms with E-state index in [1.165, 1.54) is 103 Å². The number of rotatable bonds is 47. The van der Waals surface area contributed by atoms with E-state index in [4.69, 9.17) is 14.2 Å². The minimum absolute atomic E-state index is 0.125. The number of carbonyl (C=O) groups is 3. The normalized spacial score (nSPS) is 13.1. The Bertz CT molecular complexity index is 1440. The first-order valence-electron chi connectivity index (χ1n) is 27.1. The molecule has 0 heterocycles. The van der Waals surface area contributed by atoms with E-state index in [0.717, 1.165) is 70.6 Å². The lowest BCUT2D eigenvalue weighted by atomic mass is 10.0. The molecule has 67 heavy (non-hydrogen) atoms. The Morgan fingerprint density at radius 1 is 0.328 bits per heavy atom. The monoisotopic (exact) mass is 927 g/mol. The lowest BCUT2D eigenvalue weighted by Crippen LogP contribution is -2.30. The number of hydrogen-bond donors (Lipinski definition) is 0. The van der Waals surface area contributed by atoms with E-state index in [9.17, 15) is 14.4 Å². The predicted octanol–water partition coefficient (Wildman–Crippen LogP) is 18.1. The summed E-state index contributed by atoms with van der Waals surface area (Å²) >= 11 is 0. The van der Waals surface area contributed by atoms with Crippen molar-refractivity contribution in [1.29, 1.82) is 0 Å². The molecule has 0 spiro atoms. The van der Waals surface area contributed by atoms with E-state index >= 15 is 0 Å². The van der Waals surface area contributed by atoms with Gasteiger partial charge in [-0.05, 0) is 70.6 Å². The highest BCUT2D eigenvalue weighted by Crippen LogP contribution is 2.15. The smallest absolute Gasteiger partial charge is 0.306 e. The Balaban J connectivity index is 4.52. The lowest BCUT2D eigenvalue weighted by Gasteiger charge is -2.18. The van der Waals surface area contributed by atoms with E-state index in [1.54, 1.807) is 0 Å². The molecule has 0 radical (unpaired) electrons. The van der Waals surface area contributed by atoms with Crippen LogP contribution in [-0.2, 0) is 28.6 Å². The molecule has 0 bridgehead atoms. The summed E-state index contributed by atoms with van der Waals surface area (Å²) in [4.78, 5) is 38.0. The maximum absolute atomic E-state index is 12.8. The average Bonchev–Trinajstić information content (AvgIpc) is 3.33. The number of carbonyl (C=O) groups excluding carboxylic acids is 3. The third-order valence-corrected chi connectivity index (χ3v) is 11.1. The van der Waals surface area contributed by atoms with Crippen molar-refractivity contribution in [1.82, 2.24) is 0 Å². The van der Waals surface area contributed by atoms with Crippen molar-refractivity contribution in [3.8, 4) is 0 Å². The average molecular weight is 927 g/mol. The van der Waals surface area contributed by atoms with Crippen LogP contribution < -0.4 is 0 Å². The van der Waals surface area contributed by atoms with Crippen molar-refractivity contribution < 1.29 is 28.6 Å². The second kappa shape index (κ2) is 54.4. The van der Waals surface area contributed by atoms with Crippen molar-refractivity contribution in [2.75, 3.05) is 13.2 Å². The molecule has 0 aromatic carbocycles. The molecule has 6 heteroatoms. The fraction of sp³-hybridized carbons (Fsp3) is 0.623. The summed E-state index contributed by atoms with van der Waals surface area (Å²) in [5.74, 6) is -1.06. The van der Waals surface area contributed by atoms with Gasteiger partial charge in [0.1, 0.15) is 13.2 Å². The van der Waals surface area contributed by atoms with Gasteiger partial charge in [0.25, 0.3) is 0 Å². The van der Waals surface area contributed by atoms with Gasteiger partial charge in [-0.3, -0.25) is 14.4 Å². The molecule has 0 saturated carbocycles. The van der Waals surface area contributed by atoms with Crippen LogP contribution >= 0.6 is 0 Å². The van der Waals surface area contributed by atoms with Crippen LogP contribution in [0.3, 0.4) is 0 Å². The van der Waals surface area contributed by atoms with E-state index in [-0.39, 0.29) is 44.0 Å². The molecule has 0 aromatic heterocycles. The molecular weight excluding hydrogens is 829 g/mol. The lowest BCUT2D eigenvalue weighted by molar-refractivity contribution is -0.167. The first-order valence-corrected chi connectivity index (χ1v) is 27.1. The highest BCUT2D eigenvalue weighted by atomic mass is 16.6. The maximum Gasteiger partial charge on any atom is 0.306 e. The van der Waals surface area contributed by atoms with Crippen LogP contribution in [0.1, 0.15) is 226 Å². The molecule has 0 N–H and O–H groups in total. The molecule has 6 nitrogen and oxygen atoms in total. The van der Waals surface area contributed by atoms with Gasteiger partial charge in [-0.1, -0.05) is 258 Å². The first kappa shape index (κ1) is 62.8. The largest absolute Gasteiger partial charge is 0.462 e. The summed E-state index contributed by atoms with van der Waals surface area (Å²) in [6.45, 7) is 6.27. The number of unbranched alkanes of at least 4 members (excludes halogenated alkanes) is 20. The van der Waals surface area contributed by atoms with Crippen molar-refractivity contribution >= 4 is 17.9 Å². The Kier molecular flexibility index (Phi) is 51.0. The summed E-state index contributed by atoms with van der Waals surface area (Å²) in [5.41, 5.74) is 0. The molecule has 0 amide bonds. The second-order valence-electron chi connectivity index (χ2n) is 17.5. The number of allylic oxidation sites excluding steroid dienone is 20. The summed E-state index contributed by atoms with van der Waals surface area (Å²) in [6, 6.07) is 0. The minimum atomic E-state index is -0.838. The van der Waals surface area contributed by atoms with Crippen LogP contribution in [0.5, 0.6) is 0 Å². The van der Waals surface area contributed by atoms with Crippen LogP contribution in [0.4, 0.5) is 0 Å². The molecule has 0 saturated heterocycles. The molecule has 1 atom stereocenters. The van der Waals surface area contributed by atoms with Gasteiger partial charge in [0, 0.05) is 19.3 Å². The van der Waals surface area contributed by atoms with Gasteiger partial charge in [-0.25, -0.2) is 0 Å². The molecule has 0 rings (SSSR count). The number of esters is 3. The van der Waals surface area contributed by atoms with Crippen LogP contribution in [0.25, 0.3) is 0 Å². The number of ether oxygens (including phenoxy) is 3. The summed E-state index contributed by atoms with van der Waals surface area (Å²) < 4.78 is 16.7. The van der Waals surface area contributed by atoms with Crippen LogP contribution in [0.2, 0.25) is 0 Å². The highest BCUT2D eigenvalue weighted by molar-refractivity contribution is 5.71. The van der Waals surface area contributed by atoms with Gasteiger partial charge in [0.05, 0.1) is 0 Å². The SMILES string of the molecule is CC/C=C/C=C/C=C/C=C/C=C/CCCC(=O)OCC(COC(=O)CCCCCCCCCCCCCCCCCCCCC)OC(=O)CCC/C=C/C/C=C/C/C=C/C/C=C/C/C=C/CC. The minimum Gasteiger partial charge on any atom is -0.462 e. The van der Waals surface area contributed by atoms with E-state index in [2.05, 4.69) is 87.6 Å². The summed E-state index contributed by atoms with van der Waals surface area (Å²) in [5, 5.41) is 0. The highest BCUT2D eigenvalue weighted by Gasteiger charge is 2.19. The summed E-state index contributed by atoms with van der Waals surface area (Å²) in [7, 11) is 0. The zero-order chi connectivity index (χ0) is 48.6. The molecule has 0 aliphatic rings. The first-order chi connectivity index (χ1) is 33.0. The summed E-state index contributed by atoms with van der Waals surface area (Å²) in [6.07, 6.45) is 74.9. The molecule has 0 aliphatic carbocycles. The Labute approximate surface area is 412 Å². The van der Waals surface area contributed by atoms with Gasteiger partial charge in [-0.15, -0.1) is 0 Å². The standard InChI is InChI=1S/C61H98O6/c1-4-7-10-13-16-19-22-25-27-29-30-32-33-36-39-42-45-48-51-54-60(63)66-57-58(56-65-59(62)53-50-47-44-41-38-35-24-21-18-15-12-9-6-3)67-61(64)55-52-49-46-43-40-37-34-31-28-26-23-20-17-14-11-8-5-2/h8-9,11-12,15,17-18,20-21,24,26,28,34-35,37-38,41,43-44,46,58H,4-7,10,13-14,16,19,22-23,25,27,29-33,36,39-40,42,45,47-57H2,1-3H3/b11-8+,12-9+,18-15+,20-17+,24-21+,28-26+,37-34+,38-35+,44-41+,46-43+. The maximum atomic E-state index is 12.8.